The van der Waals surface area contributed by atoms with E-state index in [4.69, 9.17) is 4.74 Å². The van der Waals surface area contributed by atoms with Gasteiger partial charge in [-0.2, -0.15) is 0 Å². The molecule has 0 aliphatic heterocycles. The molecule has 3 aromatic rings. The second-order valence-electron chi connectivity index (χ2n) is 6.15. The van der Waals surface area contributed by atoms with E-state index in [0.717, 1.165) is 11.1 Å². The minimum atomic E-state index is -0.415. The molecule has 0 bridgehead atoms. The van der Waals surface area contributed by atoms with Gasteiger partial charge in [-0.15, -0.1) is 10.2 Å². The van der Waals surface area contributed by atoms with E-state index in [-0.39, 0.29) is 12.3 Å². The number of ether oxygens (including phenoxy) is 1. The Bertz CT molecular complexity index is 987. The van der Waals surface area contributed by atoms with Crippen molar-refractivity contribution in [3.8, 4) is 0 Å². The summed E-state index contributed by atoms with van der Waals surface area (Å²) in [7, 11) is 1.33. The summed E-state index contributed by atoms with van der Waals surface area (Å²) in [6, 6.07) is 18.0. The van der Waals surface area contributed by atoms with E-state index in [1.807, 2.05) is 31.2 Å². The van der Waals surface area contributed by atoms with Crippen molar-refractivity contribution in [3.63, 3.8) is 0 Å². The van der Waals surface area contributed by atoms with Crippen LogP contribution in [0.2, 0.25) is 0 Å². The fourth-order valence-electron chi connectivity index (χ4n) is 2.62. The van der Waals surface area contributed by atoms with E-state index in [0.29, 0.717) is 22.9 Å². The molecular weight excluding hydrogens is 356 g/mol. The fraction of sp³-hybridized carbons (Fsp3) is 0.143. The van der Waals surface area contributed by atoms with Crippen LogP contribution in [0.1, 0.15) is 21.5 Å². The molecule has 0 aliphatic rings. The first-order chi connectivity index (χ1) is 13.5. The zero-order valence-electron chi connectivity index (χ0n) is 15.6. The summed E-state index contributed by atoms with van der Waals surface area (Å²) >= 11 is 0. The van der Waals surface area contributed by atoms with E-state index in [1.54, 1.807) is 36.4 Å². The molecule has 1 aromatic heterocycles. The van der Waals surface area contributed by atoms with Gasteiger partial charge >= 0.3 is 5.97 Å². The number of benzene rings is 2. The van der Waals surface area contributed by atoms with Crippen LogP contribution in [0.4, 0.5) is 17.3 Å². The van der Waals surface area contributed by atoms with Gasteiger partial charge in [-0.1, -0.05) is 30.3 Å². The number of aromatic nitrogens is 2. The summed E-state index contributed by atoms with van der Waals surface area (Å²) in [5.74, 6) is 0.280. The molecule has 0 fully saturated rings. The zero-order chi connectivity index (χ0) is 19.9. The highest BCUT2D eigenvalue weighted by Crippen LogP contribution is 2.17. The van der Waals surface area contributed by atoms with Crippen LogP contribution in [0.15, 0.2) is 60.7 Å². The van der Waals surface area contributed by atoms with Gasteiger partial charge in [-0.3, -0.25) is 4.79 Å². The molecule has 7 heteroatoms. The minimum Gasteiger partial charge on any atom is -0.465 e. The first-order valence-electron chi connectivity index (χ1n) is 8.68. The Morgan fingerprint density at radius 3 is 2.43 bits per heavy atom. The largest absolute Gasteiger partial charge is 0.465 e. The highest BCUT2D eigenvalue weighted by molar-refractivity contribution is 5.92. The van der Waals surface area contributed by atoms with Crippen LogP contribution in [0.5, 0.6) is 0 Å². The Labute approximate surface area is 162 Å². The third kappa shape index (κ3) is 4.91. The summed E-state index contributed by atoms with van der Waals surface area (Å²) in [6.45, 7) is 1.97. The predicted octanol–water partition coefficient (Wildman–Crippen LogP) is 3.50. The third-order valence-corrected chi connectivity index (χ3v) is 4.10. The maximum atomic E-state index is 12.2. The number of nitrogens with zero attached hydrogens (tertiary/aromatic N) is 2. The molecule has 1 amide bonds. The van der Waals surface area contributed by atoms with Gasteiger partial charge in [-0.05, 0) is 48.4 Å². The number of anilines is 3. The van der Waals surface area contributed by atoms with Crippen molar-refractivity contribution < 1.29 is 14.3 Å². The van der Waals surface area contributed by atoms with Crippen LogP contribution in [0.3, 0.4) is 0 Å². The van der Waals surface area contributed by atoms with Crippen molar-refractivity contribution in [2.24, 2.45) is 0 Å². The molecule has 0 saturated carbocycles. The number of rotatable bonds is 6. The Morgan fingerprint density at radius 2 is 1.71 bits per heavy atom. The molecule has 0 atom stereocenters. The molecular formula is C21H20N4O3. The Morgan fingerprint density at radius 1 is 0.964 bits per heavy atom. The number of carbonyl (C=O) groups is 2. The number of amides is 1. The summed E-state index contributed by atoms with van der Waals surface area (Å²) in [5.41, 5.74) is 3.14. The van der Waals surface area contributed by atoms with Crippen LogP contribution < -0.4 is 10.6 Å². The van der Waals surface area contributed by atoms with Gasteiger partial charge in [0.05, 0.1) is 19.1 Å². The van der Waals surface area contributed by atoms with Crippen molar-refractivity contribution in [1.29, 1.82) is 0 Å². The molecule has 0 spiro atoms. The molecule has 0 saturated heterocycles. The van der Waals surface area contributed by atoms with E-state index in [9.17, 15) is 9.59 Å². The lowest BCUT2D eigenvalue weighted by molar-refractivity contribution is -0.115. The quantitative estimate of drug-likeness (QED) is 0.640. The number of methoxy groups -OCH3 is 1. The number of esters is 1. The normalized spacial score (nSPS) is 10.2. The molecule has 28 heavy (non-hydrogen) atoms. The Kier molecular flexibility index (Phi) is 5.96. The summed E-state index contributed by atoms with van der Waals surface area (Å²) in [4.78, 5) is 23.8. The van der Waals surface area contributed by atoms with E-state index in [1.165, 1.54) is 7.11 Å². The summed E-state index contributed by atoms with van der Waals surface area (Å²) in [5, 5.41) is 13.9. The second-order valence-corrected chi connectivity index (χ2v) is 6.15. The summed E-state index contributed by atoms with van der Waals surface area (Å²) < 4.78 is 4.71. The zero-order valence-corrected chi connectivity index (χ0v) is 15.6. The lowest BCUT2D eigenvalue weighted by Gasteiger charge is -2.08. The van der Waals surface area contributed by atoms with Crippen LogP contribution >= 0.6 is 0 Å². The SMILES string of the molecule is COC(=O)c1cccc(Nc2ccc(NC(=O)Cc3ccccc3C)nn2)c1. The molecule has 3 rings (SSSR count). The predicted molar refractivity (Wildman–Crippen MR) is 107 cm³/mol. The number of carbonyl (C=O) groups excluding carboxylic acids is 2. The number of aryl methyl sites for hydroxylation is 1. The Balaban J connectivity index is 1.61. The van der Waals surface area contributed by atoms with Crippen LogP contribution in [0.25, 0.3) is 0 Å². The van der Waals surface area contributed by atoms with Crippen LogP contribution in [-0.4, -0.2) is 29.2 Å². The van der Waals surface area contributed by atoms with Crippen molar-refractivity contribution in [3.05, 3.63) is 77.4 Å². The van der Waals surface area contributed by atoms with Gasteiger partial charge in [0.1, 0.15) is 0 Å². The average Bonchev–Trinajstić information content (AvgIpc) is 2.71. The van der Waals surface area contributed by atoms with Crippen molar-refractivity contribution in [2.45, 2.75) is 13.3 Å². The average molecular weight is 376 g/mol. The van der Waals surface area contributed by atoms with Crippen LogP contribution in [0, 0.1) is 6.92 Å². The molecule has 0 aliphatic carbocycles. The highest BCUT2D eigenvalue weighted by Gasteiger charge is 2.09. The smallest absolute Gasteiger partial charge is 0.337 e. The van der Waals surface area contributed by atoms with E-state index in [2.05, 4.69) is 20.8 Å². The van der Waals surface area contributed by atoms with Gasteiger partial charge in [0.2, 0.25) is 5.91 Å². The van der Waals surface area contributed by atoms with Crippen molar-refractivity contribution >= 4 is 29.2 Å². The molecule has 0 unspecified atom stereocenters. The highest BCUT2D eigenvalue weighted by atomic mass is 16.5. The molecule has 0 radical (unpaired) electrons. The van der Waals surface area contributed by atoms with Gasteiger partial charge in [-0.25, -0.2) is 4.79 Å². The molecule has 1 heterocycles. The third-order valence-electron chi connectivity index (χ3n) is 4.10. The van der Waals surface area contributed by atoms with Gasteiger partial charge in [0.25, 0.3) is 0 Å². The lowest BCUT2D eigenvalue weighted by atomic mass is 10.1. The maximum absolute atomic E-state index is 12.2. The first kappa shape index (κ1) is 19.0. The van der Waals surface area contributed by atoms with Crippen molar-refractivity contribution in [2.75, 3.05) is 17.7 Å². The molecule has 7 nitrogen and oxygen atoms in total. The van der Waals surface area contributed by atoms with Gasteiger partial charge in [0, 0.05) is 5.69 Å². The first-order valence-corrected chi connectivity index (χ1v) is 8.68. The van der Waals surface area contributed by atoms with Gasteiger partial charge in [0.15, 0.2) is 11.6 Å². The monoisotopic (exact) mass is 376 g/mol. The minimum absolute atomic E-state index is 0.157. The topological polar surface area (TPSA) is 93.2 Å². The van der Waals surface area contributed by atoms with Crippen molar-refractivity contribution in [1.82, 2.24) is 10.2 Å². The molecule has 142 valence electrons. The molecule has 2 N–H and O–H groups in total. The second kappa shape index (κ2) is 8.77. The molecule has 2 aromatic carbocycles. The number of hydrogen-bond donors (Lipinski definition) is 2. The summed E-state index contributed by atoms with van der Waals surface area (Å²) in [6.07, 6.45) is 0.272. The standard InChI is InChI=1S/C21H20N4O3/c1-14-6-3-4-7-15(14)13-20(26)23-19-11-10-18(24-25-19)22-17-9-5-8-16(12-17)21(27)28-2/h3-12H,13H2,1-2H3,(H,22,24)(H,23,25,26). The van der Waals surface area contributed by atoms with Gasteiger partial charge < -0.3 is 15.4 Å². The van der Waals surface area contributed by atoms with E-state index < -0.39 is 5.97 Å². The number of hydrogen-bond acceptors (Lipinski definition) is 6. The number of nitrogens with one attached hydrogen (secondary N) is 2. The fourth-order valence-corrected chi connectivity index (χ4v) is 2.62. The van der Waals surface area contributed by atoms with E-state index >= 15 is 0 Å². The maximum Gasteiger partial charge on any atom is 0.337 e. The van der Waals surface area contributed by atoms with Crippen LogP contribution in [-0.2, 0) is 16.0 Å². The Hall–Kier alpha value is -3.74. The lowest BCUT2D eigenvalue weighted by Crippen LogP contribution is -2.16.